The number of carboxylic acid groups (broad SMARTS) is 1. The third-order valence-electron chi connectivity index (χ3n) is 4.46. The molecule has 0 spiro atoms. The molecule has 1 atom stereocenters. The zero-order valence-electron chi connectivity index (χ0n) is 12.5. The number of carboxylic acids is 1. The predicted octanol–water partition coefficient (Wildman–Crippen LogP) is 2.57. The first-order valence-electron chi connectivity index (χ1n) is 7.44. The summed E-state index contributed by atoms with van der Waals surface area (Å²) in [6.45, 7) is 6.23. The lowest BCUT2D eigenvalue weighted by molar-refractivity contribution is -0.138. The quantitative estimate of drug-likeness (QED) is 0.896. The Bertz CT molecular complexity index is 463. The third kappa shape index (κ3) is 2.99. The Hall–Kier alpha value is -1.46. The van der Waals surface area contributed by atoms with Crippen molar-refractivity contribution >= 4 is 5.97 Å². The molecule has 1 aromatic heterocycles. The Morgan fingerprint density at radius 3 is 2.55 bits per heavy atom. The van der Waals surface area contributed by atoms with Crippen LogP contribution in [0.15, 0.2) is 0 Å². The second-order valence-corrected chi connectivity index (χ2v) is 6.48. The number of carbonyl (C=O) groups is 1. The van der Waals surface area contributed by atoms with E-state index in [0.29, 0.717) is 0 Å². The van der Waals surface area contributed by atoms with E-state index in [1.54, 1.807) is 4.68 Å². The molecule has 0 radical (unpaired) electrons. The maximum atomic E-state index is 11.1. The fourth-order valence-corrected chi connectivity index (χ4v) is 3.15. The predicted molar refractivity (Wildman–Crippen MR) is 74.4 cm³/mol. The summed E-state index contributed by atoms with van der Waals surface area (Å²) in [6.07, 6.45) is 5.85. The van der Waals surface area contributed by atoms with E-state index in [9.17, 15) is 4.79 Å². The molecule has 1 aromatic rings. The summed E-state index contributed by atoms with van der Waals surface area (Å²) >= 11 is 0. The minimum Gasteiger partial charge on any atom is -0.481 e. The van der Waals surface area contributed by atoms with Gasteiger partial charge in [-0.25, -0.2) is 4.68 Å². The van der Waals surface area contributed by atoms with Crippen LogP contribution in [0.25, 0.3) is 0 Å². The molecule has 1 saturated carbocycles. The van der Waals surface area contributed by atoms with Crippen molar-refractivity contribution < 1.29 is 9.90 Å². The average molecular weight is 280 g/mol. The molecular formula is C14H24N4O2. The van der Waals surface area contributed by atoms with E-state index in [2.05, 4.69) is 22.4 Å². The van der Waals surface area contributed by atoms with E-state index >= 15 is 0 Å². The highest BCUT2D eigenvalue weighted by molar-refractivity contribution is 5.67. The highest BCUT2D eigenvalue weighted by Crippen LogP contribution is 2.39. The van der Waals surface area contributed by atoms with Crippen LogP contribution in [0.4, 0.5) is 0 Å². The lowest BCUT2D eigenvalue weighted by Crippen LogP contribution is -2.32. The minimum absolute atomic E-state index is 0.0204. The van der Waals surface area contributed by atoms with Gasteiger partial charge >= 0.3 is 5.97 Å². The summed E-state index contributed by atoms with van der Waals surface area (Å²) in [7, 11) is 0. The van der Waals surface area contributed by atoms with Crippen molar-refractivity contribution in [1.29, 1.82) is 0 Å². The van der Waals surface area contributed by atoms with Gasteiger partial charge in [-0.15, -0.1) is 5.10 Å². The molecule has 0 amide bonds. The number of hydrogen-bond donors (Lipinski definition) is 1. The first-order valence-corrected chi connectivity index (χ1v) is 7.44. The normalized spacial score (nSPS) is 20.0. The van der Waals surface area contributed by atoms with Crippen molar-refractivity contribution in [3.8, 4) is 0 Å². The zero-order chi connectivity index (χ0) is 14.8. The molecule has 6 nitrogen and oxygen atoms in total. The highest BCUT2D eigenvalue weighted by atomic mass is 16.4. The topological polar surface area (TPSA) is 80.9 Å². The van der Waals surface area contributed by atoms with Crippen LogP contribution >= 0.6 is 0 Å². The Morgan fingerprint density at radius 2 is 2.00 bits per heavy atom. The molecular weight excluding hydrogens is 256 g/mol. The summed E-state index contributed by atoms with van der Waals surface area (Å²) in [5.41, 5.74) is -0.0204. The molecule has 1 fully saturated rings. The van der Waals surface area contributed by atoms with Crippen LogP contribution in [0.1, 0.15) is 71.2 Å². The Balaban J connectivity index is 2.32. The lowest BCUT2D eigenvalue weighted by Gasteiger charge is -2.33. The van der Waals surface area contributed by atoms with Crippen LogP contribution in [0.5, 0.6) is 0 Å². The van der Waals surface area contributed by atoms with Gasteiger partial charge in [-0.3, -0.25) is 4.79 Å². The van der Waals surface area contributed by atoms with Crippen LogP contribution in [0.2, 0.25) is 0 Å². The molecule has 0 bridgehead atoms. The van der Waals surface area contributed by atoms with Crippen LogP contribution < -0.4 is 0 Å². The number of aliphatic carboxylic acids is 1. The van der Waals surface area contributed by atoms with Crippen molar-refractivity contribution in [3.05, 3.63) is 5.82 Å². The second kappa shape index (κ2) is 5.89. The smallest absolute Gasteiger partial charge is 0.305 e. The fraction of sp³-hybridized carbons (Fsp3) is 0.857. The molecule has 6 heteroatoms. The maximum Gasteiger partial charge on any atom is 0.305 e. The maximum absolute atomic E-state index is 11.1. The molecule has 1 heterocycles. The summed E-state index contributed by atoms with van der Waals surface area (Å²) in [5, 5.41) is 21.3. The van der Waals surface area contributed by atoms with Gasteiger partial charge in [0.05, 0.1) is 12.5 Å². The standard InChI is InChI=1S/C14H24N4O2/c1-10(2)11(9-12(19)20)18-13(15-16-17-18)14(3)7-5-4-6-8-14/h10-11H,4-9H2,1-3H3,(H,19,20). The van der Waals surface area contributed by atoms with Crippen molar-refractivity contribution in [3.63, 3.8) is 0 Å². The molecule has 0 aliphatic heterocycles. The molecule has 0 aromatic carbocycles. The largest absolute Gasteiger partial charge is 0.481 e. The van der Waals surface area contributed by atoms with Gasteiger partial charge < -0.3 is 5.11 Å². The van der Waals surface area contributed by atoms with Crippen molar-refractivity contribution in [1.82, 2.24) is 20.2 Å². The van der Waals surface area contributed by atoms with Gasteiger partial charge in [0, 0.05) is 5.41 Å². The molecule has 112 valence electrons. The number of aromatic nitrogens is 4. The summed E-state index contributed by atoms with van der Waals surface area (Å²) in [5.74, 6) is 0.233. The van der Waals surface area contributed by atoms with Gasteiger partial charge in [-0.2, -0.15) is 0 Å². The van der Waals surface area contributed by atoms with Gasteiger partial charge in [-0.05, 0) is 29.2 Å². The van der Waals surface area contributed by atoms with Gasteiger partial charge in [-0.1, -0.05) is 40.0 Å². The monoisotopic (exact) mass is 280 g/mol. The first-order chi connectivity index (χ1) is 9.44. The van der Waals surface area contributed by atoms with E-state index < -0.39 is 5.97 Å². The van der Waals surface area contributed by atoms with E-state index in [-0.39, 0.29) is 23.8 Å². The summed E-state index contributed by atoms with van der Waals surface area (Å²) < 4.78 is 1.77. The van der Waals surface area contributed by atoms with Gasteiger partial charge in [0.1, 0.15) is 0 Å². The Kier molecular flexibility index (Phi) is 4.40. The summed E-state index contributed by atoms with van der Waals surface area (Å²) in [4.78, 5) is 11.1. The second-order valence-electron chi connectivity index (χ2n) is 6.48. The molecule has 20 heavy (non-hydrogen) atoms. The van der Waals surface area contributed by atoms with Gasteiger partial charge in [0.15, 0.2) is 5.82 Å². The van der Waals surface area contributed by atoms with Crippen molar-refractivity contribution in [2.75, 3.05) is 0 Å². The van der Waals surface area contributed by atoms with E-state index in [1.807, 2.05) is 13.8 Å². The van der Waals surface area contributed by atoms with Gasteiger partial charge in [0.2, 0.25) is 0 Å². The Morgan fingerprint density at radius 1 is 1.35 bits per heavy atom. The SMILES string of the molecule is CC(C)C(CC(=O)O)n1nnnc1C1(C)CCCCC1. The molecule has 1 aliphatic rings. The van der Waals surface area contributed by atoms with E-state index in [0.717, 1.165) is 18.7 Å². The third-order valence-corrected chi connectivity index (χ3v) is 4.46. The number of nitrogens with zero attached hydrogens (tertiary/aromatic N) is 4. The van der Waals surface area contributed by atoms with Crippen LogP contribution in [0.3, 0.4) is 0 Å². The Labute approximate surface area is 119 Å². The molecule has 2 rings (SSSR count). The number of rotatable bonds is 5. The molecule has 1 unspecified atom stereocenters. The number of hydrogen-bond acceptors (Lipinski definition) is 4. The number of tetrazole rings is 1. The first kappa shape index (κ1) is 14.9. The fourth-order valence-electron chi connectivity index (χ4n) is 3.15. The highest BCUT2D eigenvalue weighted by Gasteiger charge is 2.36. The lowest BCUT2D eigenvalue weighted by atomic mass is 9.75. The molecule has 0 saturated heterocycles. The summed E-state index contributed by atoms with van der Waals surface area (Å²) in [6, 6.07) is -0.184. The molecule has 1 aliphatic carbocycles. The van der Waals surface area contributed by atoms with E-state index in [4.69, 9.17) is 5.11 Å². The van der Waals surface area contributed by atoms with Gasteiger partial charge in [0.25, 0.3) is 0 Å². The van der Waals surface area contributed by atoms with Crippen LogP contribution in [0, 0.1) is 5.92 Å². The van der Waals surface area contributed by atoms with Crippen LogP contribution in [-0.2, 0) is 10.2 Å². The average Bonchev–Trinajstić information content (AvgIpc) is 2.86. The zero-order valence-corrected chi connectivity index (χ0v) is 12.5. The van der Waals surface area contributed by atoms with Crippen molar-refractivity contribution in [2.45, 2.75) is 70.8 Å². The van der Waals surface area contributed by atoms with E-state index in [1.165, 1.54) is 19.3 Å². The minimum atomic E-state index is -0.807. The molecule has 1 N–H and O–H groups in total. The van der Waals surface area contributed by atoms with Crippen LogP contribution in [-0.4, -0.2) is 31.3 Å². The van der Waals surface area contributed by atoms with Crippen molar-refractivity contribution in [2.24, 2.45) is 5.92 Å².